The summed E-state index contributed by atoms with van der Waals surface area (Å²) in [5.41, 5.74) is 0.182. The van der Waals surface area contributed by atoms with Crippen LogP contribution in [-0.2, 0) is 14.8 Å². The molecule has 8 nitrogen and oxygen atoms in total. The number of ether oxygens (including phenoxy) is 3. The molecule has 1 amide bonds. The van der Waals surface area contributed by atoms with E-state index in [1.807, 2.05) is 12.1 Å². The fraction of sp³-hybridized carbons (Fsp3) is 0.350. The van der Waals surface area contributed by atoms with Crippen LogP contribution in [0.1, 0.15) is 6.92 Å². The van der Waals surface area contributed by atoms with Crippen molar-refractivity contribution in [3.05, 3.63) is 47.5 Å². The lowest BCUT2D eigenvalue weighted by atomic mass is 10.2. The Labute approximate surface area is 180 Å². The van der Waals surface area contributed by atoms with Gasteiger partial charge in [-0.2, -0.15) is 0 Å². The van der Waals surface area contributed by atoms with E-state index in [-0.39, 0.29) is 24.6 Å². The molecule has 2 atom stereocenters. The van der Waals surface area contributed by atoms with E-state index in [1.54, 1.807) is 24.3 Å². The first kappa shape index (κ1) is 22.0. The van der Waals surface area contributed by atoms with Crippen molar-refractivity contribution in [2.75, 3.05) is 30.8 Å². The Hall–Kier alpha value is -2.65. The number of hydrogen-bond donors (Lipinski definition) is 1. The van der Waals surface area contributed by atoms with Crippen LogP contribution in [0, 0.1) is 0 Å². The zero-order chi connectivity index (χ0) is 21.9. The van der Waals surface area contributed by atoms with Gasteiger partial charge in [0.05, 0.1) is 25.6 Å². The molecule has 0 radical (unpaired) electrons. The van der Waals surface area contributed by atoms with E-state index < -0.39 is 28.1 Å². The predicted molar refractivity (Wildman–Crippen MR) is 114 cm³/mol. The fourth-order valence-corrected chi connectivity index (χ4v) is 4.48. The Kier molecular flexibility index (Phi) is 6.62. The van der Waals surface area contributed by atoms with E-state index in [9.17, 15) is 13.2 Å². The van der Waals surface area contributed by atoms with Gasteiger partial charge in [0.25, 0.3) is 0 Å². The van der Waals surface area contributed by atoms with Crippen LogP contribution >= 0.6 is 11.6 Å². The first-order chi connectivity index (χ1) is 14.2. The molecule has 1 heterocycles. The van der Waals surface area contributed by atoms with Crippen molar-refractivity contribution in [1.29, 1.82) is 0 Å². The van der Waals surface area contributed by atoms with Gasteiger partial charge in [0.1, 0.15) is 24.5 Å². The maximum absolute atomic E-state index is 12.8. The van der Waals surface area contributed by atoms with Gasteiger partial charge in [-0.25, -0.2) is 8.42 Å². The monoisotopic (exact) mass is 454 g/mol. The number of benzene rings is 2. The van der Waals surface area contributed by atoms with Gasteiger partial charge in [-0.3, -0.25) is 9.10 Å². The molecule has 0 bridgehead atoms. The quantitative estimate of drug-likeness (QED) is 0.690. The largest absolute Gasteiger partial charge is 0.495 e. The molecule has 1 N–H and O–H groups in total. The Morgan fingerprint density at radius 3 is 2.67 bits per heavy atom. The van der Waals surface area contributed by atoms with E-state index in [1.165, 1.54) is 20.1 Å². The van der Waals surface area contributed by atoms with Crippen molar-refractivity contribution < 1.29 is 27.4 Å². The zero-order valence-corrected chi connectivity index (χ0v) is 18.4. The van der Waals surface area contributed by atoms with Gasteiger partial charge in [-0.05, 0) is 37.3 Å². The van der Waals surface area contributed by atoms with Gasteiger partial charge in [0, 0.05) is 5.02 Å². The number of anilines is 1. The van der Waals surface area contributed by atoms with E-state index in [4.69, 9.17) is 25.8 Å². The van der Waals surface area contributed by atoms with Crippen LogP contribution in [0.5, 0.6) is 17.2 Å². The number of methoxy groups -OCH3 is 1. The topological polar surface area (TPSA) is 94.2 Å². The maximum Gasteiger partial charge on any atom is 0.243 e. The summed E-state index contributed by atoms with van der Waals surface area (Å²) in [5, 5.41) is 3.05. The number of nitrogens with zero attached hydrogens (tertiary/aromatic N) is 1. The smallest absolute Gasteiger partial charge is 0.243 e. The van der Waals surface area contributed by atoms with Gasteiger partial charge in [0.2, 0.25) is 15.9 Å². The molecule has 3 rings (SSSR count). The van der Waals surface area contributed by atoms with Gasteiger partial charge in [-0.15, -0.1) is 0 Å². The first-order valence-corrected chi connectivity index (χ1v) is 11.4. The molecule has 0 aliphatic carbocycles. The molecule has 0 saturated heterocycles. The van der Waals surface area contributed by atoms with Crippen molar-refractivity contribution in [2.24, 2.45) is 0 Å². The molecular formula is C20H23ClN2O6S. The van der Waals surface area contributed by atoms with Gasteiger partial charge in [-0.1, -0.05) is 23.7 Å². The molecule has 0 unspecified atom stereocenters. The standard InChI is InChI=1S/C20H23ClN2O6S/c1-13(23(30(3,25)26)16-10-14(21)8-9-17(16)27-2)20(24)22-11-15-12-28-18-6-4-5-7-19(18)29-15/h4-10,13,15H,11-12H2,1-3H3,(H,22,24)/t13-,15+/m1/s1. The Balaban J connectivity index is 1.74. The molecule has 162 valence electrons. The summed E-state index contributed by atoms with van der Waals surface area (Å²) in [6, 6.07) is 10.8. The lowest BCUT2D eigenvalue weighted by molar-refractivity contribution is -0.122. The third-order valence-corrected chi connectivity index (χ3v) is 6.00. The summed E-state index contributed by atoms with van der Waals surface area (Å²) in [5.74, 6) is 1.03. The first-order valence-electron chi connectivity index (χ1n) is 9.20. The zero-order valence-electron chi connectivity index (χ0n) is 16.8. The maximum atomic E-state index is 12.8. The van der Waals surface area contributed by atoms with Crippen LogP contribution in [0.25, 0.3) is 0 Å². The number of halogens is 1. The van der Waals surface area contributed by atoms with Crippen LogP contribution in [0.4, 0.5) is 5.69 Å². The minimum Gasteiger partial charge on any atom is -0.495 e. The summed E-state index contributed by atoms with van der Waals surface area (Å²) in [6.07, 6.45) is 0.620. The molecule has 30 heavy (non-hydrogen) atoms. The molecule has 0 spiro atoms. The number of carbonyl (C=O) groups excluding carboxylic acids is 1. The summed E-state index contributed by atoms with van der Waals surface area (Å²) in [7, 11) is -2.40. The van der Waals surface area contributed by atoms with Crippen molar-refractivity contribution in [1.82, 2.24) is 5.32 Å². The minimum atomic E-state index is -3.82. The van der Waals surface area contributed by atoms with Crippen LogP contribution in [0.3, 0.4) is 0 Å². The number of rotatable bonds is 7. The predicted octanol–water partition coefficient (Wildman–Crippen LogP) is 2.46. The molecule has 0 fully saturated rings. The van der Waals surface area contributed by atoms with E-state index >= 15 is 0 Å². The van der Waals surface area contributed by atoms with E-state index in [0.29, 0.717) is 16.5 Å². The normalized spacial score (nSPS) is 16.5. The number of sulfonamides is 1. The van der Waals surface area contributed by atoms with Crippen molar-refractivity contribution in [3.8, 4) is 17.2 Å². The molecule has 0 saturated carbocycles. The van der Waals surface area contributed by atoms with Crippen LogP contribution in [-0.4, -0.2) is 53.0 Å². The van der Waals surface area contributed by atoms with E-state index in [0.717, 1.165) is 10.6 Å². The molecule has 1 aliphatic heterocycles. The molecule has 2 aromatic carbocycles. The summed E-state index contributed by atoms with van der Waals surface area (Å²) in [4.78, 5) is 12.8. The third kappa shape index (κ3) is 4.91. The number of nitrogens with one attached hydrogen (secondary N) is 1. The Morgan fingerprint density at radius 2 is 2.00 bits per heavy atom. The fourth-order valence-electron chi connectivity index (χ4n) is 3.14. The molecule has 2 aromatic rings. The average molecular weight is 455 g/mol. The lowest BCUT2D eigenvalue weighted by Gasteiger charge is -2.30. The minimum absolute atomic E-state index is 0.155. The van der Waals surface area contributed by atoms with Crippen molar-refractivity contribution in [2.45, 2.75) is 19.1 Å². The van der Waals surface area contributed by atoms with Crippen molar-refractivity contribution >= 4 is 33.2 Å². The number of hydrogen-bond acceptors (Lipinski definition) is 6. The highest BCUT2D eigenvalue weighted by Gasteiger charge is 2.32. The Morgan fingerprint density at radius 1 is 1.30 bits per heavy atom. The summed E-state index contributed by atoms with van der Waals surface area (Å²) in [6.45, 7) is 1.91. The SMILES string of the molecule is COc1ccc(Cl)cc1N([C@H](C)C(=O)NC[C@H]1COc2ccccc2O1)S(C)(=O)=O. The second kappa shape index (κ2) is 9.01. The number of para-hydroxylation sites is 2. The van der Waals surface area contributed by atoms with E-state index in [2.05, 4.69) is 5.32 Å². The highest BCUT2D eigenvalue weighted by Crippen LogP contribution is 2.34. The molecule has 10 heteroatoms. The average Bonchev–Trinajstić information content (AvgIpc) is 2.71. The summed E-state index contributed by atoms with van der Waals surface area (Å²) < 4.78 is 42.7. The summed E-state index contributed by atoms with van der Waals surface area (Å²) >= 11 is 6.05. The second-order valence-electron chi connectivity index (χ2n) is 6.79. The number of amides is 1. The number of carbonyl (C=O) groups is 1. The molecule has 1 aliphatic rings. The van der Waals surface area contributed by atoms with Crippen LogP contribution in [0.2, 0.25) is 5.02 Å². The highest BCUT2D eigenvalue weighted by atomic mass is 35.5. The van der Waals surface area contributed by atoms with Crippen molar-refractivity contribution in [3.63, 3.8) is 0 Å². The van der Waals surface area contributed by atoms with Gasteiger partial charge < -0.3 is 19.5 Å². The molecule has 0 aromatic heterocycles. The highest BCUT2D eigenvalue weighted by molar-refractivity contribution is 7.92. The third-order valence-electron chi connectivity index (χ3n) is 4.54. The second-order valence-corrected chi connectivity index (χ2v) is 9.09. The van der Waals surface area contributed by atoms with Gasteiger partial charge >= 0.3 is 0 Å². The van der Waals surface area contributed by atoms with Gasteiger partial charge in [0.15, 0.2) is 11.5 Å². The number of fused-ring (bicyclic) bond motifs is 1. The van der Waals surface area contributed by atoms with Crippen LogP contribution in [0.15, 0.2) is 42.5 Å². The molecular weight excluding hydrogens is 432 g/mol. The lowest BCUT2D eigenvalue weighted by Crippen LogP contribution is -2.50. The van der Waals surface area contributed by atoms with Crippen LogP contribution < -0.4 is 23.8 Å². The Bertz CT molecular complexity index is 1030.